The normalized spacial score (nSPS) is 16.0. The molecule has 0 aromatic carbocycles. The van der Waals surface area contributed by atoms with E-state index in [1.807, 2.05) is 6.07 Å². The summed E-state index contributed by atoms with van der Waals surface area (Å²) in [6.45, 7) is 3.23. The zero-order valence-electron chi connectivity index (χ0n) is 11.7. The second-order valence-corrected chi connectivity index (χ2v) is 5.56. The minimum Gasteiger partial charge on any atom is -0.662 e. The number of nitrogens with one attached hydrogen (secondary N) is 1. The lowest BCUT2D eigenvalue weighted by molar-refractivity contribution is 0.469. The second kappa shape index (κ2) is 6.33. The summed E-state index contributed by atoms with van der Waals surface area (Å²) in [5.74, 6) is 3.22. The predicted molar refractivity (Wildman–Crippen MR) is 85.7 cm³/mol. The topological polar surface area (TPSA) is 56.8 Å². The highest BCUT2D eigenvalue weighted by molar-refractivity contribution is 6.35. The van der Waals surface area contributed by atoms with Crippen LogP contribution in [-0.2, 0) is 6.54 Å². The predicted octanol–water partition coefficient (Wildman–Crippen LogP) is 2.91. The van der Waals surface area contributed by atoms with Gasteiger partial charge in [-0.3, -0.25) is 0 Å². The molecule has 2 aromatic rings. The van der Waals surface area contributed by atoms with Crippen molar-refractivity contribution in [2.24, 2.45) is 5.92 Å². The van der Waals surface area contributed by atoms with E-state index in [2.05, 4.69) is 26.6 Å². The molecule has 6 heteroatoms. The van der Waals surface area contributed by atoms with Crippen LogP contribution in [0.5, 0.6) is 0 Å². The van der Waals surface area contributed by atoms with Gasteiger partial charge in [0.05, 0.1) is 5.39 Å². The van der Waals surface area contributed by atoms with Crippen LogP contribution < -0.4 is 5.32 Å². The molecule has 0 unspecified atom stereocenters. The summed E-state index contributed by atoms with van der Waals surface area (Å²) in [6.07, 6.45) is 9.39. The first kappa shape index (κ1) is 14.2. The van der Waals surface area contributed by atoms with Crippen LogP contribution in [0.4, 0.5) is 5.69 Å². The molecular weight excluding hydrogens is 286 g/mol. The third-order valence-electron chi connectivity index (χ3n) is 3.80. The van der Waals surface area contributed by atoms with Crippen LogP contribution in [0, 0.1) is 18.3 Å². The van der Waals surface area contributed by atoms with Crippen molar-refractivity contribution in [3.63, 3.8) is 0 Å². The van der Waals surface area contributed by atoms with Crippen molar-refractivity contribution in [1.82, 2.24) is 14.8 Å². The van der Waals surface area contributed by atoms with Crippen molar-refractivity contribution in [1.29, 1.82) is 0 Å². The Labute approximate surface area is 129 Å². The van der Waals surface area contributed by atoms with Gasteiger partial charge in [-0.15, -0.1) is 19.5 Å². The van der Waals surface area contributed by atoms with E-state index in [1.54, 1.807) is 10.9 Å². The van der Waals surface area contributed by atoms with E-state index in [-0.39, 0.29) is 0 Å². The standard InChI is InChI=1S/C15H17ClN5/c1-2-9-21-15-13(14(16)20-21)12(5-8-18-15)19-10-11-3-6-17-7-4-11/h1,5,8,11H,3-4,6-7,9-10H2,(H,18,19)/q-1. The Balaban J connectivity index is 1.83. The Morgan fingerprint density at radius 2 is 2.29 bits per heavy atom. The quantitative estimate of drug-likeness (QED) is 0.884. The lowest BCUT2D eigenvalue weighted by atomic mass is 9.98. The molecule has 3 heterocycles. The van der Waals surface area contributed by atoms with Crippen LogP contribution in [0.15, 0.2) is 12.3 Å². The van der Waals surface area contributed by atoms with E-state index >= 15 is 0 Å². The largest absolute Gasteiger partial charge is 0.662 e. The lowest BCUT2D eigenvalue weighted by Crippen LogP contribution is -2.20. The molecular formula is C15H17ClN5-. The van der Waals surface area contributed by atoms with Gasteiger partial charge in [0.1, 0.15) is 6.54 Å². The summed E-state index contributed by atoms with van der Waals surface area (Å²) < 4.78 is 1.66. The van der Waals surface area contributed by atoms with E-state index in [1.165, 1.54) is 0 Å². The van der Waals surface area contributed by atoms with Crippen LogP contribution in [0.25, 0.3) is 16.4 Å². The van der Waals surface area contributed by atoms with Gasteiger partial charge < -0.3 is 10.6 Å². The molecule has 1 N–H and O–H groups in total. The van der Waals surface area contributed by atoms with E-state index in [4.69, 9.17) is 18.0 Å². The van der Waals surface area contributed by atoms with E-state index in [9.17, 15) is 0 Å². The molecule has 0 amide bonds. The number of fused-ring (bicyclic) bond motifs is 1. The highest BCUT2D eigenvalue weighted by Crippen LogP contribution is 2.29. The number of aromatic nitrogens is 3. The van der Waals surface area contributed by atoms with Crippen LogP contribution in [-0.4, -0.2) is 34.4 Å². The van der Waals surface area contributed by atoms with Gasteiger partial charge in [0.15, 0.2) is 10.8 Å². The average molecular weight is 303 g/mol. The maximum atomic E-state index is 6.24. The fourth-order valence-corrected chi connectivity index (χ4v) is 2.94. The molecule has 0 atom stereocenters. The number of halogens is 1. The molecule has 1 saturated heterocycles. The number of pyridine rings is 1. The van der Waals surface area contributed by atoms with Gasteiger partial charge in [-0.1, -0.05) is 30.4 Å². The van der Waals surface area contributed by atoms with Gasteiger partial charge in [-0.05, 0) is 12.0 Å². The van der Waals surface area contributed by atoms with E-state index in [0.717, 1.165) is 49.2 Å². The molecule has 1 aliphatic heterocycles. The fraction of sp³-hybridized carbons (Fsp3) is 0.467. The molecule has 0 bridgehead atoms. The maximum absolute atomic E-state index is 6.24. The van der Waals surface area contributed by atoms with Crippen molar-refractivity contribution >= 4 is 28.3 Å². The Hall–Kier alpha value is -1.77. The summed E-state index contributed by atoms with van der Waals surface area (Å²) in [7, 11) is 0. The first-order chi connectivity index (χ1) is 10.3. The molecule has 21 heavy (non-hydrogen) atoms. The number of anilines is 1. The lowest BCUT2D eigenvalue weighted by Gasteiger charge is -2.32. The summed E-state index contributed by atoms with van der Waals surface area (Å²) in [6, 6.07) is 1.93. The zero-order chi connectivity index (χ0) is 14.7. The molecule has 3 rings (SSSR count). The first-order valence-corrected chi connectivity index (χ1v) is 7.49. The van der Waals surface area contributed by atoms with E-state index in [0.29, 0.717) is 17.6 Å². The summed E-state index contributed by atoms with van der Waals surface area (Å²) in [5.41, 5.74) is 1.69. The SMILES string of the molecule is C#CCn1nc(Cl)c2c(NCC3CC[N-]CC3)ccnc21. The van der Waals surface area contributed by atoms with Gasteiger partial charge in [-0.2, -0.15) is 5.10 Å². The van der Waals surface area contributed by atoms with Crippen LogP contribution in [0.3, 0.4) is 0 Å². The van der Waals surface area contributed by atoms with E-state index < -0.39 is 0 Å². The number of hydrogen-bond donors (Lipinski definition) is 1. The smallest absolute Gasteiger partial charge is 0.162 e. The molecule has 0 spiro atoms. The number of hydrogen-bond acceptors (Lipinski definition) is 3. The number of terminal acetylenes is 1. The van der Waals surface area contributed by atoms with Crippen molar-refractivity contribution in [3.8, 4) is 12.3 Å². The molecule has 5 nitrogen and oxygen atoms in total. The number of rotatable bonds is 4. The summed E-state index contributed by atoms with van der Waals surface area (Å²) >= 11 is 6.24. The Kier molecular flexibility index (Phi) is 4.28. The van der Waals surface area contributed by atoms with Crippen LogP contribution in [0.2, 0.25) is 5.15 Å². The molecule has 2 aromatic heterocycles. The molecule has 1 aliphatic rings. The average Bonchev–Trinajstić information content (AvgIpc) is 2.84. The third-order valence-corrected chi connectivity index (χ3v) is 4.07. The fourth-order valence-electron chi connectivity index (χ4n) is 2.66. The van der Waals surface area contributed by atoms with Crippen molar-refractivity contribution in [2.45, 2.75) is 19.4 Å². The minimum atomic E-state index is 0.365. The van der Waals surface area contributed by atoms with Gasteiger partial charge >= 0.3 is 0 Å². The second-order valence-electron chi connectivity index (χ2n) is 5.20. The van der Waals surface area contributed by atoms with Gasteiger partial charge in [0.2, 0.25) is 0 Å². The van der Waals surface area contributed by atoms with Crippen LogP contribution in [0.1, 0.15) is 12.8 Å². The Morgan fingerprint density at radius 1 is 1.48 bits per heavy atom. The Bertz CT molecular complexity index is 666. The highest BCUT2D eigenvalue weighted by atomic mass is 35.5. The molecule has 110 valence electrons. The molecule has 0 radical (unpaired) electrons. The van der Waals surface area contributed by atoms with Gasteiger partial charge in [0, 0.05) is 18.4 Å². The molecule has 0 saturated carbocycles. The monoisotopic (exact) mass is 302 g/mol. The third kappa shape index (κ3) is 2.97. The summed E-state index contributed by atoms with van der Waals surface area (Å²) in [4.78, 5) is 4.34. The minimum absolute atomic E-state index is 0.365. The van der Waals surface area contributed by atoms with Gasteiger partial charge in [0.25, 0.3) is 0 Å². The Morgan fingerprint density at radius 3 is 3.05 bits per heavy atom. The van der Waals surface area contributed by atoms with Crippen LogP contribution >= 0.6 is 11.6 Å². The number of piperidine rings is 1. The zero-order valence-corrected chi connectivity index (χ0v) is 12.5. The van der Waals surface area contributed by atoms with Crippen molar-refractivity contribution in [2.75, 3.05) is 25.0 Å². The molecule has 1 fully saturated rings. The van der Waals surface area contributed by atoms with Gasteiger partial charge in [-0.25, -0.2) is 9.67 Å². The highest BCUT2D eigenvalue weighted by Gasteiger charge is 2.15. The van der Waals surface area contributed by atoms with Crippen molar-refractivity contribution in [3.05, 3.63) is 22.7 Å². The number of nitrogens with zero attached hydrogens (tertiary/aromatic N) is 4. The maximum Gasteiger partial charge on any atom is 0.162 e. The molecule has 0 aliphatic carbocycles. The van der Waals surface area contributed by atoms with Crippen molar-refractivity contribution < 1.29 is 0 Å². The first-order valence-electron chi connectivity index (χ1n) is 7.11. The summed E-state index contributed by atoms with van der Waals surface area (Å²) in [5, 5.41) is 13.4.